The highest BCUT2D eigenvalue weighted by Crippen LogP contribution is 2.28. The van der Waals surface area contributed by atoms with Crippen molar-refractivity contribution in [1.82, 2.24) is 4.98 Å². The Morgan fingerprint density at radius 2 is 2.29 bits per heavy atom. The molecular weight excluding hydrogens is 226 g/mol. The lowest BCUT2D eigenvalue weighted by molar-refractivity contribution is 1.33. The Bertz CT molecular complexity index is 527. The van der Waals surface area contributed by atoms with Crippen LogP contribution in [0.15, 0.2) is 43.0 Å². The van der Waals surface area contributed by atoms with E-state index in [1.165, 1.54) is 5.57 Å². The number of nitrogens with zero attached hydrogens (tertiary/aromatic N) is 1. The first-order chi connectivity index (χ1) is 8.35. The summed E-state index contributed by atoms with van der Waals surface area (Å²) in [4.78, 5) is 5.77. The third-order valence-electron chi connectivity index (χ3n) is 2.42. The minimum absolute atomic E-state index is 0.988. The van der Waals surface area contributed by atoms with Gasteiger partial charge < -0.3 is 0 Å². The van der Waals surface area contributed by atoms with Crippen LogP contribution in [0.5, 0.6) is 0 Å². The molecule has 17 heavy (non-hydrogen) atoms. The zero-order chi connectivity index (χ0) is 12.1. The van der Waals surface area contributed by atoms with E-state index in [4.69, 9.17) is 0 Å². The predicted octanol–water partition coefficient (Wildman–Crippen LogP) is 4.72. The van der Waals surface area contributed by atoms with Gasteiger partial charge in [0.05, 0.1) is 10.6 Å². The molecule has 0 aliphatic heterocycles. The maximum Gasteiger partial charge on any atom is 0.124 e. The third-order valence-corrected chi connectivity index (χ3v) is 3.54. The van der Waals surface area contributed by atoms with Crippen molar-refractivity contribution in [3.05, 3.63) is 58.6 Å². The average Bonchev–Trinajstić information content (AvgIpc) is 2.58. The number of thiazole rings is 1. The van der Waals surface area contributed by atoms with E-state index in [0.717, 1.165) is 22.0 Å². The number of hydrogen-bond donors (Lipinski definition) is 0. The lowest BCUT2D eigenvalue weighted by Gasteiger charge is -1.93. The Morgan fingerprint density at radius 1 is 1.41 bits per heavy atom. The zero-order valence-electron chi connectivity index (χ0n) is 9.89. The van der Waals surface area contributed by atoms with Gasteiger partial charge in [-0.3, -0.25) is 0 Å². The van der Waals surface area contributed by atoms with Crippen LogP contribution in [0, 0.1) is 0 Å². The largest absolute Gasteiger partial charge is 0.236 e. The molecule has 0 saturated heterocycles. The SMILES string of the molecule is C=Cc1sc(C2=CC=CCC=C2)nc1/C=C\C. The number of rotatable bonds is 3. The van der Waals surface area contributed by atoms with Gasteiger partial charge in [0.2, 0.25) is 0 Å². The van der Waals surface area contributed by atoms with E-state index >= 15 is 0 Å². The summed E-state index contributed by atoms with van der Waals surface area (Å²) in [6.45, 7) is 5.84. The van der Waals surface area contributed by atoms with E-state index in [1.807, 2.05) is 25.2 Å². The fourth-order valence-electron chi connectivity index (χ4n) is 1.61. The van der Waals surface area contributed by atoms with Crippen LogP contribution in [0.1, 0.15) is 28.9 Å². The molecule has 2 heteroatoms. The maximum atomic E-state index is 4.64. The highest BCUT2D eigenvalue weighted by Gasteiger charge is 2.08. The summed E-state index contributed by atoms with van der Waals surface area (Å²) in [6, 6.07) is 0. The van der Waals surface area contributed by atoms with Crippen LogP contribution in [-0.4, -0.2) is 4.98 Å². The monoisotopic (exact) mass is 241 g/mol. The summed E-state index contributed by atoms with van der Waals surface area (Å²) in [5.41, 5.74) is 2.17. The van der Waals surface area contributed by atoms with Crippen molar-refractivity contribution in [3.8, 4) is 0 Å². The molecule has 0 radical (unpaired) electrons. The topological polar surface area (TPSA) is 12.9 Å². The lowest BCUT2D eigenvalue weighted by Crippen LogP contribution is -1.79. The number of hydrogen-bond acceptors (Lipinski definition) is 2. The van der Waals surface area contributed by atoms with E-state index in [9.17, 15) is 0 Å². The molecule has 1 nitrogen and oxygen atoms in total. The van der Waals surface area contributed by atoms with Gasteiger partial charge >= 0.3 is 0 Å². The minimum Gasteiger partial charge on any atom is -0.236 e. The van der Waals surface area contributed by atoms with E-state index in [0.29, 0.717) is 0 Å². The van der Waals surface area contributed by atoms with Crippen LogP contribution in [0.3, 0.4) is 0 Å². The minimum atomic E-state index is 0.988. The maximum absolute atomic E-state index is 4.64. The van der Waals surface area contributed by atoms with Crippen molar-refractivity contribution < 1.29 is 0 Å². The van der Waals surface area contributed by atoms with Gasteiger partial charge in [-0.05, 0) is 25.5 Å². The van der Waals surface area contributed by atoms with Crippen molar-refractivity contribution in [3.63, 3.8) is 0 Å². The van der Waals surface area contributed by atoms with Gasteiger partial charge in [-0.1, -0.05) is 43.0 Å². The van der Waals surface area contributed by atoms with Gasteiger partial charge in [0.25, 0.3) is 0 Å². The van der Waals surface area contributed by atoms with E-state index < -0.39 is 0 Å². The molecule has 0 fully saturated rings. The van der Waals surface area contributed by atoms with Gasteiger partial charge in [0.1, 0.15) is 5.01 Å². The molecule has 0 bridgehead atoms. The molecule has 2 rings (SSSR count). The first kappa shape index (κ1) is 11.8. The number of aromatic nitrogens is 1. The first-order valence-corrected chi connectivity index (χ1v) is 6.46. The van der Waals surface area contributed by atoms with Crippen molar-refractivity contribution in [1.29, 1.82) is 0 Å². The Labute approximate surface area is 106 Å². The molecule has 1 aromatic heterocycles. The van der Waals surface area contributed by atoms with Crippen molar-refractivity contribution in [2.45, 2.75) is 13.3 Å². The molecule has 0 N–H and O–H groups in total. The molecule has 0 unspecified atom stereocenters. The molecule has 86 valence electrons. The molecule has 1 aliphatic rings. The van der Waals surface area contributed by atoms with Crippen LogP contribution in [0.2, 0.25) is 0 Å². The van der Waals surface area contributed by atoms with Crippen LogP contribution in [-0.2, 0) is 0 Å². The first-order valence-electron chi connectivity index (χ1n) is 5.65. The van der Waals surface area contributed by atoms with Crippen LogP contribution < -0.4 is 0 Å². The molecule has 1 aromatic rings. The van der Waals surface area contributed by atoms with E-state index in [2.05, 4.69) is 41.9 Å². The quantitative estimate of drug-likeness (QED) is 0.746. The summed E-state index contributed by atoms with van der Waals surface area (Å²) in [5, 5.41) is 1.05. The van der Waals surface area contributed by atoms with Crippen molar-refractivity contribution >= 4 is 29.1 Å². The standard InChI is InChI=1S/C15H15NS/c1-3-9-13-14(4-2)17-15(16-13)12-10-7-5-6-8-11-12/h3-5,7-11H,2,6H2,1H3/b9-3-. The van der Waals surface area contributed by atoms with Gasteiger partial charge in [0.15, 0.2) is 0 Å². The summed E-state index contributed by atoms with van der Waals surface area (Å²) in [5.74, 6) is 0. The highest BCUT2D eigenvalue weighted by molar-refractivity contribution is 7.13. The van der Waals surface area contributed by atoms with Gasteiger partial charge in [0, 0.05) is 5.57 Å². The second-order valence-electron chi connectivity index (χ2n) is 3.66. The summed E-state index contributed by atoms with van der Waals surface area (Å²) >= 11 is 1.68. The Kier molecular flexibility index (Phi) is 3.89. The zero-order valence-corrected chi connectivity index (χ0v) is 10.7. The van der Waals surface area contributed by atoms with Crippen molar-refractivity contribution in [2.75, 3.05) is 0 Å². The number of allylic oxidation sites excluding steroid dienone is 7. The van der Waals surface area contributed by atoms with Crippen LogP contribution in [0.25, 0.3) is 17.7 Å². The lowest BCUT2D eigenvalue weighted by atomic mass is 10.2. The molecule has 0 atom stereocenters. The molecule has 0 aromatic carbocycles. The molecular formula is C15H15NS. The van der Waals surface area contributed by atoms with Crippen LogP contribution >= 0.6 is 11.3 Å². The predicted molar refractivity (Wildman–Crippen MR) is 77.8 cm³/mol. The van der Waals surface area contributed by atoms with Gasteiger partial charge in [-0.2, -0.15) is 0 Å². The van der Waals surface area contributed by atoms with Gasteiger partial charge in [-0.15, -0.1) is 11.3 Å². The molecule has 1 heterocycles. The Morgan fingerprint density at radius 3 is 3.06 bits per heavy atom. The second-order valence-corrected chi connectivity index (χ2v) is 4.69. The van der Waals surface area contributed by atoms with Crippen LogP contribution in [0.4, 0.5) is 0 Å². The summed E-state index contributed by atoms with van der Waals surface area (Å²) < 4.78 is 0. The van der Waals surface area contributed by atoms with E-state index in [-0.39, 0.29) is 0 Å². The smallest absolute Gasteiger partial charge is 0.124 e. The normalized spacial score (nSPS) is 15.0. The fourth-order valence-corrected chi connectivity index (χ4v) is 2.52. The molecule has 1 aliphatic carbocycles. The average molecular weight is 241 g/mol. The summed E-state index contributed by atoms with van der Waals surface area (Å²) in [6.07, 6.45) is 17.5. The molecule has 0 saturated carbocycles. The summed E-state index contributed by atoms with van der Waals surface area (Å²) in [7, 11) is 0. The van der Waals surface area contributed by atoms with E-state index in [1.54, 1.807) is 11.3 Å². The Balaban J connectivity index is 2.42. The van der Waals surface area contributed by atoms with Crippen molar-refractivity contribution in [2.24, 2.45) is 0 Å². The van der Waals surface area contributed by atoms with Gasteiger partial charge in [-0.25, -0.2) is 4.98 Å². The molecule has 0 spiro atoms. The third kappa shape index (κ3) is 2.71. The second kappa shape index (κ2) is 5.60. The molecule has 0 amide bonds. The fraction of sp³-hybridized carbons (Fsp3) is 0.133. The highest BCUT2D eigenvalue weighted by atomic mass is 32.1. The Hall–Kier alpha value is -1.67.